The maximum Gasteiger partial charge on any atom is 0.255 e. The highest BCUT2D eigenvalue weighted by atomic mass is 16.2. The van der Waals surface area contributed by atoms with E-state index in [-0.39, 0.29) is 24.1 Å². The maximum absolute atomic E-state index is 13.1. The van der Waals surface area contributed by atoms with Gasteiger partial charge in [0.2, 0.25) is 11.8 Å². The fourth-order valence-corrected chi connectivity index (χ4v) is 4.49. The zero-order valence-corrected chi connectivity index (χ0v) is 16.1. The smallest absolute Gasteiger partial charge is 0.255 e. The van der Waals surface area contributed by atoms with E-state index in [1.54, 1.807) is 4.90 Å². The lowest BCUT2D eigenvalue weighted by molar-refractivity contribution is -0.136. The molecule has 2 atom stereocenters. The van der Waals surface area contributed by atoms with E-state index >= 15 is 0 Å². The summed E-state index contributed by atoms with van der Waals surface area (Å²) in [5, 5.41) is 9.43. The summed E-state index contributed by atoms with van der Waals surface area (Å²) in [6, 6.07) is 5.83. The molecule has 2 unspecified atom stereocenters. The number of piperidine rings is 1. The molecule has 0 saturated carbocycles. The Morgan fingerprint density at radius 2 is 2.00 bits per heavy atom. The molecule has 0 radical (unpaired) electrons. The zero-order valence-electron chi connectivity index (χ0n) is 16.1. The summed E-state index contributed by atoms with van der Waals surface area (Å²) in [4.78, 5) is 38.3. The van der Waals surface area contributed by atoms with Crippen LogP contribution >= 0.6 is 0 Å². The van der Waals surface area contributed by atoms with Crippen molar-refractivity contribution in [1.82, 2.24) is 20.9 Å². The molecule has 2 fully saturated rings. The molecule has 3 heterocycles. The Kier molecular flexibility index (Phi) is 5.73. The van der Waals surface area contributed by atoms with Crippen molar-refractivity contribution in [2.45, 2.75) is 63.7 Å². The van der Waals surface area contributed by atoms with Crippen molar-refractivity contribution in [1.29, 1.82) is 0 Å². The standard InChI is InChI=1S/C21H28N4O3/c26-18-9-8-17(20(27)24-18)25-13-15-6-4-5-14(19(15)21(25)28)11-22-12-16-7-2-1-3-10-23-16/h4-6,16-17,22-23H,1-3,7-13H2,(H,24,26,27). The first kappa shape index (κ1) is 19.1. The molecule has 3 N–H and O–H groups in total. The third kappa shape index (κ3) is 3.95. The summed E-state index contributed by atoms with van der Waals surface area (Å²) < 4.78 is 0. The molecule has 0 spiro atoms. The Morgan fingerprint density at radius 3 is 2.86 bits per heavy atom. The number of carbonyl (C=O) groups is 3. The number of carbonyl (C=O) groups excluding carboxylic acids is 3. The first-order valence-corrected chi connectivity index (χ1v) is 10.3. The van der Waals surface area contributed by atoms with Crippen molar-refractivity contribution < 1.29 is 14.4 Å². The van der Waals surface area contributed by atoms with Crippen LogP contribution in [0.15, 0.2) is 18.2 Å². The highest BCUT2D eigenvalue weighted by Crippen LogP contribution is 2.29. The fourth-order valence-electron chi connectivity index (χ4n) is 4.49. The van der Waals surface area contributed by atoms with Gasteiger partial charge in [0.1, 0.15) is 6.04 Å². The van der Waals surface area contributed by atoms with E-state index in [2.05, 4.69) is 16.0 Å². The van der Waals surface area contributed by atoms with Crippen LogP contribution in [0.1, 0.15) is 60.0 Å². The van der Waals surface area contributed by atoms with Gasteiger partial charge < -0.3 is 15.5 Å². The molecular weight excluding hydrogens is 356 g/mol. The molecule has 3 aliphatic rings. The molecule has 0 aliphatic carbocycles. The lowest BCUT2D eigenvalue weighted by Gasteiger charge is -2.29. The van der Waals surface area contributed by atoms with Crippen molar-refractivity contribution in [3.05, 3.63) is 34.9 Å². The van der Waals surface area contributed by atoms with Gasteiger partial charge in [-0.25, -0.2) is 0 Å². The van der Waals surface area contributed by atoms with E-state index in [0.29, 0.717) is 31.1 Å². The van der Waals surface area contributed by atoms with E-state index in [9.17, 15) is 14.4 Å². The second kappa shape index (κ2) is 8.41. The molecule has 3 amide bonds. The summed E-state index contributed by atoms with van der Waals surface area (Å²) in [7, 11) is 0. The number of amides is 3. The molecule has 7 heteroatoms. The predicted octanol–water partition coefficient (Wildman–Crippen LogP) is 1.07. The second-order valence-corrected chi connectivity index (χ2v) is 7.98. The Balaban J connectivity index is 1.41. The van der Waals surface area contributed by atoms with Gasteiger partial charge in [-0.05, 0) is 36.9 Å². The number of nitrogens with one attached hydrogen (secondary N) is 3. The first-order valence-electron chi connectivity index (χ1n) is 10.3. The van der Waals surface area contributed by atoms with Crippen LogP contribution in [-0.4, -0.2) is 47.8 Å². The molecule has 1 aromatic carbocycles. The second-order valence-electron chi connectivity index (χ2n) is 7.98. The lowest BCUT2D eigenvalue weighted by Crippen LogP contribution is -2.52. The Morgan fingerprint density at radius 1 is 1.11 bits per heavy atom. The normalized spacial score (nSPS) is 25.4. The molecule has 0 bridgehead atoms. The van der Waals surface area contributed by atoms with Crippen LogP contribution in [0, 0.1) is 0 Å². The van der Waals surface area contributed by atoms with Crippen LogP contribution in [-0.2, 0) is 22.7 Å². The van der Waals surface area contributed by atoms with Crippen molar-refractivity contribution in [3.8, 4) is 0 Å². The number of hydrogen-bond acceptors (Lipinski definition) is 5. The molecule has 2 saturated heterocycles. The molecular formula is C21H28N4O3. The van der Waals surface area contributed by atoms with Crippen LogP contribution in [0.3, 0.4) is 0 Å². The predicted molar refractivity (Wildman–Crippen MR) is 104 cm³/mol. The van der Waals surface area contributed by atoms with Gasteiger partial charge in [0.25, 0.3) is 5.91 Å². The topological polar surface area (TPSA) is 90.5 Å². The minimum atomic E-state index is -0.561. The molecule has 28 heavy (non-hydrogen) atoms. The van der Waals surface area contributed by atoms with Gasteiger partial charge in [-0.2, -0.15) is 0 Å². The van der Waals surface area contributed by atoms with Crippen LogP contribution in [0.25, 0.3) is 0 Å². The average Bonchev–Trinajstić information content (AvgIpc) is 2.84. The lowest BCUT2D eigenvalue weighted by atomic mass is 10.0. The van der Waals surface area contributed by atoms with Crippen LogP contribution < -0.4 is 16.0 Å². The number of nitrogens with zero attached hydrogens (tertiary/aromatic N) is 1. The van der Waals surface area contributed by atoms with Gasteiger partial charge in [-0.3, -0.25) is 19.7 Å². The number of rotatable bonds is 5. The van der Waals surface area contributed by atoms with Crippen LogP contribution in [0.2, 0.25) is 0 Å². The summed E-state index contributed by atoms with van der Waals surface area (Å²) >= 11 is 0. The quantitative estimate of drug-likeness (QED) is 0.661. The summed E-state index contributed by atoms with van der Waals surface area (Å²) in [6.07, 6.45) is 5.65. The molecule has 4 rings (SSSR count). The number of hydrogen-bond donors (Lipinski definition) is 3. The summed E-state index contributed by atoms with van der Waals surface area (Å²) in [6.45, 7) is 3.02. The number of benzene rings is 1. The highest BCUT2D eigenvalue weighted by molar-refractivity contribution is 6.05. The van der Waals surface area contributed by atoms with Crippen molar-refractivity contribution in [3.63, 3.8) is 0 Å². The minimum Gasteiger partial charge on any atom is -0.322 e. The van der Waals surface area contributed by atoms with Gasteiger partial charge in [0, 0.05) is 37.7 Å². The Labute approximate surface area is 165 Å². The monoisotopic (exact) mass is 384 g/mol. The third-order valence-electron chi connectivity index (χ3n) is 6.01. The SMILES string of the molecule is O=C1CCC(N2Cc3cccc(CNCC4CCCCCN4)c3C2=O)C(=O)N1. The van der Waals surface area contributed by atoms with Crippen molar-refractivity contribution >= 4 is 17.7 Å². The number of fused-ring (bicyclic) bond motifs is 1. The van der Waals surface area contributed by atoms with Crippen molar-refractivity contribution in [2.75, 3.05) is 13.1 Å². The Bertz CT molecular complexity index is 771. The van der Waals surface area contributed by atoms with Crippen LogP contribution in [0.4, 0.5) is 0 Å². The van der Waals surface area contributed by atoms with E-state index < -0.39 is 6.04 Å². The number of imide groups is 1. The molecule has 150 valence electrons. The molecule has 0 aromatic heterocycles. The molecule has 7 nitrogen and oxygen atoms in total. The molecule has 1 aromatic rings. The van der Waals surface area contributed by atoms with Crippen molar-refractivity contribution in [2.24, 2.45) is 0 Å². The summed E-state index contributed by atoms with van der Waals surface area (Å²) in [5.41, 5.74) is 2.65. The van der Waals surface area contributed by atoms with E-state index in [0.717, 1.165) is 24.2 Å². The van der Waals surface area contributed by atoms with E-state index in [1.165, 1.54) is 25.7 Å². The summed E-state index contributed by atoms with van der Waals surface area (Å²) in [5.74, 6) is -0.728. The van der Waals surface area contributed by atoms with Gasteiger partial charge >= 0.3 is 0 Å². The van der Waals surface area contributed by atoms with Gasteiger partial charge in [-0.1, -0.05) is 31.0 Å². The highest BCUT2D eigenvalue weighted by Gasteiger charge is 2.39. The Hall–Kier alpha value is -2.25. The zero-order chi connectivity index (χ0) is 19.5. The molecule has 3 aliphatic heterocycles. The minimum absolute atomic E-state index is 0.102. The average molecular weight is 384 g/mol. The van der Waals surface area contributed by atoms with E-state index in [4.69, 9.17) is 0 Å². The van der Waals surface area contributed by atoms with Crippen LogP contribution in [0.5, 0.6) is 0 Å². The first-order chi connectivity index (χ1) is 13.6. The van der Waals surface area contributed by atoms with Gasteiger partial charge in [-0.15, -0.1) is 0 Å². The maximum atomic E-state index is 13.1. The van der Waals surface area contributed by atoms with Gasteiger partial charge in [0.05, 0.1) is 0 Å². The fraction of sp³-hybridized carbons (Fsp3) is 0.571. The van der Waals surface area contributed by atoms with E-state index in [1.807, 2.05) is 18.2 Å². The largest absolute Gasteiger partial charge is 0.322 e. The third-order valence-corrected chi connectivity index (χ3v) is 6.01. The van der Waals surface area contributed by atoms with Gasteiger partial charge in [0.15, 0.2) is 0 Å².